The molecule has 118 valence electrons. The summed E-state index contributed by atoms with van der Waals surface area (Å²) in [6, 6.07) is -0.838. The monoisotopic (exact) mass is 294 g/mol. The summed E-state index contributed by atoms with van der Waals surface area (Å²) < 4.78 is 0. The second kappa shape index (κ2) is 5.85. The Bertz CT molecular complexity index is 406. The molecular formula is C16H26N2O3. The fourth-order valence-electron chi connectivity index (χ4n) is 3.69. The highest BCUT2D eigenvalue weighted by Gasteiger charge is 2.42. The van der Waals surface area contributed by atoms with Gasteiger partial charge in [0.2, 0.25) is 0 Å². The van der Waals surface area contributed by atoms with Gasteiger partial charge in [0.25, 0.3) is 0 Å². The molecule has 0 aromatic heterocycles. The lowest BCUT2D eigenvalue weighted by molar-refractivity contribution is -0.143. The summed E-state index contributed by atoms with van der Waals surface area (Å²) >= 11 is 0. The Labute approximate surface area is 126 Å². The smallest absolute Gasteiger partial charge is 0.326 e. The maximum Gasteiger partial charge on any atom is 0.326 e. The number of carboxylic acids is 1. The first-order chi connectivity index (χ1) is 10.1. The number of piperidine rings is 1. The predicted octanol–water partition coefficient (Wildman–Crippen LogP) is 2.32. The minimum atomic E-state index is -0.877. The Balaban J connectivity index is 1.54. The molecule has 0 bridgehead atoms. The van der Waals surface area contributed by atoms with Crippen LogP contribution in [0.15, 0.2) is 0 Å². The first-order valence-electron chi connectivity index (χ1n) is 8.33. The van der Waals surface area contributed by atoms with Crippen molar-refractivity contribution < 1.29 is 14.7 Å². The van der Waals surface area contributed by atoms with Crippen LogP contribution in [0.3, 0.4) is 0 Å². The van der Waals surface area contributed by atoms with Crippen LogP contribution >= 0.6 is 0 Å². The maximum atomic E-state index is 12.4. The summed E-state index contributed by atoms with van der Waals surface area (Å²) in [5, 5.41) is 12.3. The van der Waals surface area contributed by atoms with Crippen molar-refractivity contribution in [3.8, 4) is 0 Å². The van der Waals surface area contributed by atoms with E-state index in [0.29, 0.717) is 24.8 Å². The molecule has 2 unspecified atom stereocenters. The molecule has 0 aromatic carbocycles. The highest BCUT2D eigenvalue weighted by molar-refractivity contribution is 5.82. The molecule has 1 saturated heterocycles. The Morgan fingerprint density at radius 2 is 1.81 bits per heavy atom. The molecule has 0 spiro atoms. The predicted molar refractivity (Wildman–Crippen MR) is 78.9 cm³/mol. The van der Waals surface area contributed by atoms with Gasteiger partial charge in [-0.2, -0.15) is 0 Å². The maximum absolute atomic E-state index is 12.4. The van der Waals surface area contributed by atoms with Gasteiger partial charge in [-0.3, -0.25) is 0 Å². The number of carbonyl (C=O) groups excluding carboxylic acids is 1. The van der Waals surface area contributed by atoms with E-state index in [9.17, 15) is 14.7 Å². The van der Waals surface area contributed by atoms with E-state index in [1.54, 1.807) is 0 Å². The fourth-order valence-corrected chi connectivity index (χ4v) is 3.69. The number of amides is 2. The molecule has 3 aliphatic rings. The molecule has 0 aromatic rings. The zero-order chi connectivity index (χ0) is 15.0. The van der Waals surface area contributed by atoms with Gasteiger partial charge in [-0.15, -0.1) is 0 Å². The van der Waals surface area contributed by atoms with Crippen LogP contribution in [0.25, 0.3) is 0 Å². The lowest BCUT2D eigenvalue weighted by Gasteiger charge is -2.36. The van der Waals surface area contributed by atoms with Crippen molar-refractivity contribution >= 4 is 12.0 Å². The summed E-state index contributed by atoms with van der Waals surface area (Å²) in [7, 11) is 0. The molecule has 5 nitrogen and oxygen atoms in total. The molecule has 1 heterocycles. The lowest BCUT2D eigenvalue weighted by atomic mass is 9.92. The molecule has 3 fully saturated rings. The van der Waals surface area contributed by atoms with Crippen LogP contribution in [0.2, 0.25) is 0 Å². The topological polar surface area (TPSA) is 69.6 Å². The molecule has 0 radical (unpaired) electrons. The van der Waals surface area contributed by atoms with Crippen molar-refractivity contribution in [3.63, 3.8) is 0 Å². The molecule has 2 saturated carbocycles. The third-order valence-electron chi connectivity index (χ3n) is 5.35. The van der Waals surface area contributed by atoms with Crippen molar-refractivity contribution in [1.29, 1.82) is 0 Å². The largest absolute Gasteiger partial charge is 0.480 e. The average Bonchev–Trinajstić information content (AvgIpc) is 3.32. The molecule has 2 amide bonds. The standard InChI is InChI=1S/C16H26N2O3/c1-10-6-7-18(14(8-10)15(19)20)16(21)17-9-13(11-2-3-11)12-4-5-12/h10-14H,2-9H2,1H3,(H,17,21)(H,19,20). The Hall–Kier alpha value is -1.26. The molecule has 2 atom stereocenters. The summed E-state index contributed by atoms with van der Waals surface area (Å²) in [5.41, 5.74) is 0. The van der Waals surface area contributed by atoms with Crippen LogP contribution < -0.4 is 5.32 Å². The van der Waals surface area contributed by atoms with Gasteiger partial charge in [0.15, 0.2) is 0 Å². The van der Waals surface area contributed by atoms with Crippen molar-refractivity contribution in [2.45, 2.75) is 51.5 Å². The average molecular weight is 294 g/mol. The Kier molecular flexibility index (Phi) is 4.09. The van der Waals surface area contributed by atoms with Crippen molar-refractivity contribution in [2.75, 3.05) is 13.1 Å². The molecule has 3 rings (SSSR count). The zero-order valence-corrected chi connectivity index (χ0v) is 12.8. The van der Waals surface area contributed by atoms with Crippen LogP contribution in [0.4, 0.5) is 4.79 Å². The van der Waals surface area contributed by atoms with E-state index in [1.165, 1.54) is 30.6 Å². The van der Waals surface area contributed by atoms with Gasteiger partial charge in [-0.1, -0.05) is 6.92 Å². The zero-order valence-electron chi connectivity index (χ0n) is 12.8. The summed E-state index contributed by atoms with van der Waals surface area (Å²) in [5.74, 6) is 1.73. The molecule has 1 aliphatic heterocycles. The molecule has 21 heavy (non-hydrogen) atoms. The van der Waals surface area contributed by atoms with Crippen molar-refractivity contribution in [2.24, 2.45) is 23.7 Å². The molecule has 5 heteroatoms. The van der Waals surface area contributed by atoms with Crippen molar-refractivity contribution in [1.82, 2.24) is 10.2 Å². The van der Waals surface area contributed by atoms with E-state index < -0.39 is 12.0 Å². The minimum absolute atomic E-state index is 0.180. The van der Waals surface area contributed by atoms with Crippen LogP contribution in [0, 0.1) is 23.7 Å². The number of nitrogens with one attached hydrogen (secondary N) is 1. The fraction of sp³-hybridized carbons (Fsp3) is 0.875. The SMILES string of the molecule is CC1CCN(C(=O)NCC(C2CC2)C2CC2)C(C(=O)O)C1. The van der Waals surface area contributed by atoms with Crippen molar-refractivity contribution in [3.05, 3.63) is 0 Å². The number of likely N-dealkylation sites (tertiary alicyclic amines) is 1. The lowest BCUT2D eigenvalue weighted by Crippen LogP contribution is -2.54. The van der Waals surface area contributed by atoms with Gasteiger partial charge >= 0.3 is 12.0 Å². The number of hydrogen-bond acceptors (Lipinski definition) is 2. The molecule has 2 aliphatic carbocycles. The van der Waals surface area contributed by atoms with Gasteiger partial charge in [0.05, 0.1) is 0 Å². The van der Waals surface area contributed by atoms with Gasteiger partial charge in [-0.25, -0.2) is 9.59 Å². The van der Waals surface area contributed by atoms with E-state index >= 15 is 0 Å². The van der Waals surface area contributed by atoms with E-state index in [4.69, 9.17) is 0 Å². The van der Waals surface area contributed by atoms with E-state index in [1.807, 2.05) is 0 Å². The number of carbonyl (C=O) groups is 2. The van der Waals surface area contributed by atoms with Gasteiger partial charge in [-0.05, 0) is 62.2 Å². The first kappa shape index (κ1) is 14.7. The second-order valence-corrected chi connectivity index (χ2v) is 7.20. The van der Waals surface area contributed by atoms with Gasteiger partial charge in [0, 0.05) is 13.1 Å². The third kappa shape index (κ3) is 3.50. The minimum Gasteiger partial charge on any atom is -0.480 e. The highest BCUT2D eigenvalue weighted by atomic mass is 16.4. The van der Waals surface area contributed by atoms with E-state index in [0.717, 1.165) is 24.8 Å². The first-order valence-corrected chi connectivity index (χ1v) is 8.33. The summed E-state index contributed by atoms with van der Waals surface area (Å²) in [6.07, 6.45) is 6.67. The number of carboxylic acid groups (broad SMARTS) is 1. The Morgan fingerprint density at radius 3 is 2.33 bits per heavy atom. The number of nitrogens with zero attached hydrogens (tertiary/aromatic N) is 1. The number of aliphatic carboxylic acids is 1. The van der Waals surface area contributed by atoms with E-state index in [2.05, 4.69) is 12.2 Å². The molecule has 2 N–H and O–H groups in total. The number of urea groups is 1. The van der Waals surface area contributed by atoms with Gasteiger partial charge < -0.3 is 15.3 Å². The Morgan fingerprint density at radius 1 is 1.19 bits per heavy atom. The van der Waals surface area contributed by atoms with E-state index in [-0.39, 0.29) is 6.03 Å². The summed E-state index contributed by atoms with van der Waals surface area (Å²) in [6.45, 7) is 3.34. The van der Waals surface area contributed by atoms with Crippen LogP contribution in [-0.2, 0) is 4.79 Å². The molecular weight excluding hydrogens is 268 g/mol. The number of rotatable bonds is 5. The normalized spacial score (nSPS) is 29.5. The van der Waals surface area contributed by atoms with Crippen LogP contribution in [0.1, 0.15) is 45.4 Å². The summed E-state index contributed by atoms with van der Waals surface area (Å²) in [4.78, 5) is 25.3. The number of hydrogen-bond donors (Lipinski definition) is 2. The van der Waals surface area contributed by atoms with Crippen LogP contribution in [0.5, 0.6) is 0 Å². The van der Waals surface area contributed by atoms with Gasteiger partial charge in [0.1, 0.15) is 6.04 Å². The highest BCUT2D eigenvalue weighted by Crippen LogP contribution is 2.48. The third-order valence-corrected chi connectivity index (χ3v) is 5.35. The quantitative estimate of drug-likeness (QED) is 0.817. The van der Waals surface area contributed by atoms with Crippen LogP contribution in [-0.4, -0.2) is 41.1 Å². The second-order valence-electron chi connectivity index (χ2n) is 7.20.